The van der Waals surface area contributed by atoms with Crippen LogP contribution in [0.3, 0.4) is 0 Å². The van der Waals surface area contributed by atoms with Crippen LogP contribution in [0.15, 0.2) is 53.9 Å². The zero-order chi connectivity index (χ0) is 21.6. The van der Waals surface area contributed by atoms with Crippen LogP contribution in [-0.4, -0.2) is 60.6 Å². The van der Waals surface area contributed by atoms with Gasteiger partial charge in [-0.1, -0.05) is 23.7 Å². The van der Waals surface area contributed by atoms with Crippen LogP contribution in [0.5, 0.6) is 11.5 Å². The third-order valence-electron chi connectivity index (χ3n) is 5.20. The number of hydrogen-bond donors (Lipinski definition) is 0. The average molecular weight is 458 g/mol. The number of ether oxygens (including phenoxy) is 2. The first kappa shape index (κ1) is 21.6. The molecule has 1 amide bonds. The van der Waals surface area contributed by atoms with Gasteiger partial charge in [-0.2, -0.15) is 0 Å². The van der Waals surface area contributed by atoms with Gasteiger partial charge in [-0.25, -0.2) is 4.98 Å². The summed E-state index contributed by atoms with van der Waals surface area (Å²) in [4.78, 5) is 21.4. The van der Waals surface area contributed by atoms with Crippen LogP contribution in [-0.2, 0) is 11.3 Å². The second-order valence-corrected chi connectivity index (χ2v) is 8.63. The molecule has 0 atom stereocenters. The SMILES string of the molecule is COc1ccc(OCC(=O)N2CCN(Cc3nc(-c4ccc(Cl)cc4)cs3)CC2)cc1. The van der Waals surface area contributed by atoms with Crippen molar-refractivity contribution in [3.8, 4) is 22.8 Å². The summed E-state index contributed by atoms with van der Waals surface area (Å²) in [6.45, 7) is 3.88. The highest BCUT2D eigenvalue weighted by Gasteiger charge is 2.22. The summed E-state index contributed by atoms with van der Waals surface area (Å²) in [6, 6.07) is 15.0. The molecule has 1 aromatic heterocycles. The zero-order valence-corrected chi connectivity index (χ0v) is 18.9. The summed E-state index contributed by atoms with van der Waals surface area (Å²) in [5, 5.41) is 3.88. The Balaban J connectivity index is 1.23. The van der Waals surface area contributed by atoms with Crippen LogP contribution in [0, 0.1) is 0 Å². The standard InChI is InChI=1S/C23H24ClN3O3S/c1-29-19-6-8-20(9-7-19)30-15-23(28)27-12-10-26(11-13-27)14-22-25-21(16-31-22)17-2-4-18(24)5-3-17/h2-9,16H,10-15H2,1H3. The number of carbonyl (C=O) groups is 1. The van der Waals surface area contributed by atoms with Crippen molar-refractivity contribution in [2.45, 2.75) is 6.54 Å². The van der Waals surface area contributed by atoms with Crippen LogP contribution in [0.25, 0.3) is 11.3 Å². The molecule has 1 fully saturated rings. The van der Waals surface area contributed by atoms with Gasteiger partial charge in [0.15, 0.2) is 6.61 Å². The van der Waals surface area contributed by atoms with Gasteiger partial charge in [-0.3, -0.25) is 9.69 Å². The van der Waals surface area contributed by atoms with Crippen molar-refractivity contribution in [2.24, 2.45) is 0 Å². The Morgan fingerprint density at radius 2 is 1.71 bits per heavy atom. The van der Waals surface area contributed by atoms with Gasteiger partial charge in [0.1, 0.15) is 16.5 Å². The zero-order valence-electron chi connectivity index (χ0n) is 17.3. The highest BCUT2D eigenvalue weighted by atomic mass is 35.5. The van der Waals surface area contributed by atoms with Crippen molar-refractivity contribution in [3.63, 3.8) is 0 Å². The minimum absolute atomic E-state index is 0.00902. The van der Waals surface area contributed by atoms with Crippen molar-refractivity contribution < 1.29 is 14.3 Å². The molecule has 6 nitrogen and oxygen atoms in total. The molecule has 0 saturated carbocycles. The quantitative estimate of drug-likeness (QED) is 0.532. The summed E-state index contributed by atoms with van der Waals surface area (Å²) in [5.74, 6) is 1.43. The third-order valence-corrected chi connectivity index (χ3v) is 6.28. The molecule has 0 unspecified atom stereocenters. The first-order valence-electron chi connectivity index (χ1n) is 10.1. The number of piperazine rings is 1. The Morgan fingerprint density at radius 3 is 2.39 bits per heavy atom. The van der Waals surface area contributed by atoms with Crippen LogP contribution in [0.2, 0.25) is 5.02 Å². The van der Waals surface area contributed by atoms with E-state index in [-0.39, 0.29) is 12.5 Å². The summed E-state index contributed by atoms with van der Waals surface area (Å²) in [7, 11) is 1.62. The number of carbonyl (C=O) groups excluding carboxylic acids is 1. The van der Waals surface area contributed by atoms with Crippen LogP contribution >= 0.6 is 22.9 Å². The lowest BCUT2D eigenvalue weighted by Crippen LogP contribution is -2.49. The average Bonchev–Trinajstić information content (AvgIpc) is 3.27. The summed E-state index contributed by atoms with van der Waals surface area (Å²) in [5.41, 5.74) is 2.04. The van der Waals surface area contributed by atoms with Crippen molar-refractivity contribution in [3.05, 3.63) is 63.9 Å². The molecule has 0 spiro atoms. The monoisotopic (exact) mass is 457 g/mol. The molecule has 4 rings (SSSR count). The maximum atomic E-state index is 12.5. The number of rotatable bonds is 7. The molecule has 0 bridgehead atoms. The highest BCUT2D eigenvalue weighted by Crippen LogP contribution is 2.24. The number of methoxy groups -OCH3 is 1. The number of nitrogens with zero attached hydrogens (tertiary/aromatic N) is 3. The Hall–Kier alpha value is -2.61. The molecule has 8 heteroatoms. The van der Waals surface area contributed by atoms with Gasteiger partial charge in [0.2, 0.25) is 0 Å². The normalized spacial score (nSPS) is 14.5. The first-order valence-corrected chi connectivity index (χ1v) is 11.3. The first-order chi connectivity index (χ1) is 15.1. The van der Waals surface area contributed by atoms with E-state index < -0.39 is 0 Å². The molecule has 0 radical (unpaired) electrons. The van der Waals surface area contributed by atoms with E-state index >= 15 is 0 Å². The fourth-order valence-electron chi connectivity index (χ4n) is 3.39. The molecule has 2 heterocycles. The van der Waals surface area contributed by atoms with Gasteiger partial charge in [-0.05, 0) is 36.4 Å². The number of halogens is 1. The maximum absolute atomic E-state index is 12.5. The molecule has 0 aliphatic carbocycles. The van der Waals surface area contributed by atoms with E-state index in [2.05, 4.69) is 10.3 Å². The highest BCUT2D eigenvalue weighted by molar-refractivity contribution is 7.09. The molecule has 162 valence electrons. The number of thiazole rings is 1. The minimum atomic E-state index is 0.00902. The van der Waals surface area contributed by atoms with E-state index in [4.69, 9.17) is 26.1 Å². The Morgan fingerprint density at radius 1 is 1.03 bits per heavy atom. The van der Waals surface area contributed by atoms with E-state index in [9.17, 15) is 4.79 Å². The molecule has 1 aliphatic heterocycles. The van der Waals surface area contributed by atoms with Crippen molar-refractivity contribution in [1.29, 1.82) is 0 Å². The van der Waals surface area contributed by atoms with Crippen molar-refractivity contribution in [2.75, 3.05) is 39.9 Å². The fraction of sp³-hybridized carbons (Fsp3) is 0.304. The molecule has 1 aliphatic rings. The summed E-state index contributed by atoms with van der Waals surface area (Å²) >= 11 is 7.63. The number of amides is 1. The van der Waals surface area contributed by atoms with Gasteiger partial charge in [-0.15, -0.1) is 11.3 Å². The third kappa shape index (κ3) is 5.76. The molecular formula is C23H24ClN3O3S. The van der Waals surface area contributed by atoms with E-state index in [0.717, 1.165) is 46.7 Å². The molecule has 2 aromatic carbocycles. The summed E-state index contributed by atoms with van der Waals surface area (Å²) in [6.07, 6.45) is 0. The lowest BCUT2D eigenvalue weighted by molar-refractivity contribution is -0.135. The smallest absolute Gasteiger partial charge is 0.260 e. The number of aromatic nitrogens is 1. The van der Waals surface area contributed by atoms with Gasteiger partial charge in [0.05, 0.1) is 19.3 Å². The van der Waals surface area contributed by atoms with Crippen molar-refractivity contribution >= 4 is 28.8 Å². The predicted molar refractivity (Wildman–Crippen MR) is 123 cm³/mol. The molecule has 3 aromatic rings. The van der Waals surface area contributed by atoms with E-state index in [0.29, 0.717) is 18.8 Å². The van der Waals surface area contributed by atoms with Gasteiger partial charge in [0.25, 0.3) is 5.91 Å². The second-order valence-electron chi connectivity index (χ2n) is 7.25. The minimum Gasteiger partial charge on any atom is -0.497 e. The lowest BCUT2D eigenvalue weighted by atomic mass is 10.2. The van der Waals surface area contributed by atoms with Crippen LogP contribution in [0.4, 0.5) is 0 Å². The van der Waals surface area contributed by atoms with Gasteiger partial charge < -0.3 is 14.4 Å². The molecular weight excluding hydrogens is 434 g/mol. The number of benzene rings is 2. The topological polar surface area (TPSA) is 54.9 Å². The predicted octanol–water partition coefficient (Wildman–Crippen LogP) is 4.20. The molecule has 0 N–H and O–H groups in total. The second kappa shape index (κ2) is 10.1. The largest absolute Gasteiger partial charge is 0.497 e. The van der Waals surface area contributed by atoms with E-state index in [1.165, 1.54) is 0 Å². The van der Waals surface area contributed by atoms with Gasteiger partial charge >= 0.3 is 0 Å². The summed E-state index contributed by atoms with van der Waals surface area (Å²) < 4.78 is 10.7. The molecule has 31 heavy (non-hydrogen) atoms. The Bertz CT molecular complexity index is 1000. The van der Waals surface area contributed by atoms with Gasteiger partial charge in [0, 0.05) is 42.1 Å². The van der Waals surface area contributed by atoms with Crippen LogP contribution in [0.1, 0.15) is 5.01 Å². The maximum Gasteiger partial charge on any atom is 0.260 e. The van der Waals surface area contributed by atoms with E-state index in [1.54, 1.807) is 30.6 Å². The number of hydrogen-bond acceptors (Lipinski definition) is 6. The fourth-order valence-corrected chi connectivity index (χ4v) is 4.36. The lowest BCUT2D eigenvalue weighted by Gasteiger charge is -2.34. The molecule has 1 saturated heterocycles. The van der Waals surface area contributed by atoms with Crippen LogP contribution < -0.4 is 9.47 Å². The Labute approximate surface area is 191 Å². The Kier molecular flexibility index (Phi) is 7.06. The van der Waals surface area contributed by atoms with Crippen molar-refractivity contribution in [1.82, 2.24) is 14.8 Å². The van der Waals surface area contributed by atoms with E-state index in [1.807, 2.05) is 41.3 Å².